The van der Waals surface area contributed by atoms with Crippen molar-refractivity contribution in [2.75, 3.05) is 19.8 Å². The Labute approximate surface area is 109 Å². The predicted molar refractivity (Wildman–Crippen MR) is 62.0 cm³/mol. The van der Waals surface area contributed by atoms with Crippen LogP contribution in [-0.4, -0.2) is 37.1 Å². The third kappa shape index (κ3) is 3.49. The topological polar surface area (TPSA) is 61.8 Å². The fraction of sp³-hybridized carbons (Fsp3) is 0.900. The highest BCUT2D eigenvalue weighted by molar-refractivity contribution is 7.56. The highest BCUT2D eigenvalue weighted by Gasteiger charge is 2.71. The number of carbonyl (C=O) groups is 1. The molecule has 19 heavy (non-hydrogen) atoms. The second kappa shape index (κ2) is 6.72. The van der Waals surface area contributed by atoms with Crippen LogP contribution in [0.4, 0.5) is 13.2 Å². The molecule has 0 amide bonds. The summed E-state index contributed by atoms with van der Waals surface area (Å²) in [6.45, 7) is 3.67. The number of rotatable bonds is 7. The summed E-state index contributed by atoms with van der Waals surface area (Å²) in [5.41, 5.74) is 0. The van der Waals surface area contributed by atoms with E-state index < -0.39 is 24.9 Å². The first kappa shape index (κ1) is 18.4. The predicted octanol–water partition coefficient (Wildman–Crippen LogP) is 3.14. The summed E-state index contributed by atoms with van der Waals surface area (Å²) in [7, 11) is -4.75. The molecule has 0 rings (SSSR count). The standard InChI is InChI=1S/C10H18F3O5P/c1-5-16-8(14)9(4,10(11,12)13)19(15,17-6-2)18-7-3/h5-7H2,1-4H3. The van der Waals surface area contributed by atoms with Crippen LogP contribution in [0.25, 0.3) is 0 Å². The highest BCUT2D eigenvalue weighted by atomic mass is 31.2. The average molecular weight is 306 g/mol. The molecule has 0 bridgehead atoms. The normalized spacial score (nSPS) is 15.9. The van der Waals surface area contributed by atoms with Gasteiger partial charge in [-0.2, -0.15) is 13.2 Å². The molecule has 9 heteroatoms. The maximum atomic E-state index is 13.2. The van der Waals surface area contributed by atoms with Gasteiger partial charge in [-0.05, 0) is 27.7 Å². The fourth-order valence-electron chi connectivity index (χ4n) is 1.29. The molecule has 5 nitrogen and oxygen atoms in total. The quantitative estimate of drug-likeness (QED) is 0.534. The van der Waals surface area contributed by atoms with E-state index in [4.69, 9.17) is 0 Å². The third-order valence-electron chi connectivity index (χ3n) is 2.37. The van der Waals surface area contributed by atoms with Gasteiger partial charge in [0, 0.05) is 0 Å². The van der Waals surface area contributed by atoms with E-state index in [9.17, 15) is 22.5 Å². The number of alkyl halides is 3. The zero-order valence-electron chi connectivity index (χ0n) is 11.2. The van der Waals surface area contributed by atoms with Gasteiger partial charge in [0.25, 0.3) is 5.16 Å². The molecule has 0 saturated carbocycles. The number of hydrogen-bond acceptors (Lipinski definition) is 5. The second-order valence-electron chi connectivity index (χ2n) is 3.62. The molecular formula is C10H18F3O5P. The molecule has 0 aromatic heterocycles. The van der Waals surface area contributed by atoms with Gasteiger partial charge < -0.3 is 13.8 Å². The number of carbonyl (C=O) groups excluding carboxylic acids is 1. The van der Waals surface area contributed by atoms with Gasteiger partial charge >= 0.3 is 19.7 Å². The molecule has 0 saturated heterocycles. The zero-order valence-corrected chi connectivity index (χ0v) is 12.1. The lowest BCUT2D eigenvalue weighted by molar-refractivity contribution is -0.189. The SMILES string of the molecule is CCOC(=O)C(C)(C(F)(F)F)P(=O)(OCC)OCC. The Kier molecular flexibility index (Phi) is 6.51. The van der Waals surface area contributed by atoms with Crippen LogP contribution in [0, 0.1) is 0 Å². The summed E-state index contributed by atoms with van der Waals surface area (Å²) in [5.74, 6) is -1.67. The van der Waals surface area contributed by atoms with Crippen LogP contribution >= 0.6 is 7.60 Å². The van der Waals surface area contributed by atoms with E-state index in [0.29, 0.717) is 6.92 Å². The lowest BCUT2D eigenvalue weighted by Crippen LogP contribution is -2.51. The van der Waals surface area contributed by atoms with Gasteiger partial charge in [0.15, 0.2) is 0 Å². The zero-order chi connectivity index (χ0) is 15.3. The molecule has 114 valence electrons. The molecule has 0 aliphatic carbocycles. The lowest BCUT2D eigenvalue weighted by atomic mass is 10.1. The van der Waals surface area contributed by atoms with Gasteiger partial charge in [-0.1, -0.05) is 0 Å². The molecular weight excluding hydrogens is 288 g/mol. The molecule has 0 aromatic carbocycles. The van der Waals surface area contributed by atoms with Crippen molar-refractivity contribution in [2.24, 2.45) is 0 Å². The second-order valence-corrected chi connectivity index (χ2v) is 6.03. The van der Waals surface area contributed by atoms with E-state index >= 15 is 0 Å². The summed E-state index contributed by atoms with van der Waals surface area (Å²) in [5, 5.41) is -3.35. The molecule has 0 heterocycles. The van der Waals surface area contributed by atoms with E-state index in [0.717, 1.165) is 0 Å². The minimum absolute atomic E-state index is 0.275. The Balaban J connectivity index is 5.81. The molecule has 1 unspecified atom stereocenters. The van der Waals surface area contributed by atoms with Crippen LogP contribution in [0.1, 0.15) is 27.7 Å². The summed E-state index contributed by atoms with van der Waals surface area (Å²) in [6.07, 6.45) is -5.13. The smallest absolute Gasteiger partial charge is 0.416 e. The fourth-order valence-corrected chi connectivity index (χ4v) is 3.16. The minimum Gasteiger partial charge on any atom is -0.465 e. The molecule has 0 radical (unpaired) electrons. The number of halogens is 3. The van der Waals surface area contributed by atoms with Crippen LogP contribution in [0.3, 0.4) is 0 Å². The third-order valence-corrected chi connectivity index (χ3v) is 5.10. The molecule has 0 aromatic rings. The summed E-state index contributed by atoms with van der Waals surface area (Å²) >= 11 is 0. The van der Waals surface area contributed by atoms with Crippen molar-refractivity contribution in [3.05, 3.63) is 0 Å². The van der Waals surface area contributed by atoms with Gasteiger partial charge in [0.05, 0.1) is 19.8 Å². The maximum Gasteiger partial charge on any atom is 0.416 e. The van der Waals surface area contributed by atoms with Crippen LogP contribution < -0.4 is 0 Å². The molecule has 1 atom stereocenters. The Morgan fingerprint density at radius 3 is 1.74 bits per heavy atom. The Morgan fingerprint density at radius 2 is 1.47 bits per heavy atom. The summed E-state index contributed by atoms with van der Waals surface area (Å²) in [6, 6.07) is 0. The van der Waals surface area contributed by atoms with Gasteiger partial charge in [-0.25, -0.2) is 0 Å². The lowest BCUT2D eigenvalue weighted by Gasteiger charge is -2.34. The van der Waals surface area contributed by atoms with Crippen molar-refractivity contribution in [3.63, 3.8) is 0 Å². The summed E-state index contributed by atoms with van der Waals surface area (Å²) < 4.78 is 65.6. The van der Waals surface area contributed by atoms with E-state index in [1.54, 1.807) is 0 Å². The van der Waals surface area contributed by atoms with Gasteiger partial charge in [0.2, 0.25) is 0 Å². The number of hydrogen-bond donors (Lipinski definition) is 0. The average Bonchev–Trinajstić information content (AvgIpc) is 2.27. The largest absolute Gasteiger partial charge is 0.465 e. The first-order valence-electron chi connectivity index (χ1n) is 5.73. The first-order valence-corrected chi connectivity index (χ1v) is 7.28. The molecule has 0 fully saturated rings. The van der Waals surface area contributed by atoms with Crippen molar-refractivity contribution in [3.8, 4) is 0 Å². The maximum absolute atomic E-state index is 13.2. The van der Waals surface area contributed by atoms with Crippen molar-refractivity contribution in [1.82, 2.24) is 0 Å². The molecule has 0 aliphatic heterocycles. The Bertz CT molecular complexity index is 348. The number of esters is 1. The van der Waals surface area contributed by atoms with Crippen LogP contribution in [0.15, 0.2) is 0 Å². The van der Waals surface area contributed by atoms with Gasteiger partial charge in [-0.3, -0.25) is 9.36 Å². The van der Waals surface area contributed by atoms with E-state index in [-0.39, 0.29) is 19.8 Å². The molecule has 0 spiro atoms. The molecule has 0 N–H and O–H groups in total. The monoisotopic (exact) mass is 306 g/mol. The van der Waals surface area contributed by atoms with Crippen LogP contribution in [0.2, 0.25) is 0 Å². The van der Waals surface area contributed by atoms with Crippen LogP contribution in [-0.2, 0) is 23.1 Å². The van der Waals surface area contributed by atoms with Gasteiger partial charge in [0.1, 0.15) is 0 Å². The highest BCUT2D eigenvalue weighted by Crippen LogP contribution is 2.65. The number of ether oxygens (including phenoxy) is 1. The van der Waals surface area contributed by atoms with E-state index in [1.165, 1.54) is 20.8 Å². The summed E-state index contributed by atoms with van der Waals surface area (Å²) in [4.78, 5) is 11.6. The van der Waals surface area contributed by atoms with Crippen molar-refractivity contribution < 1.29 is 36.3 Å². The van der Waals surface area contributed by atoms with Crippen molar-refractivity contribution in [1.29, 1.82) is 0 Å². The van der Waals surface area contributed by atoms with Crippen LogP contribution in [0.5, 0.6) is 0 Å². The van der Waals surface area contributed by atoms with Crippen molar-refractivity contribution in [2.45, 2.75) is 39.0 Å². The van der Waals surface area contributed by atoms with Gasteiger partial charge in [-0.15, -0.1) is 0 Å². The Hall–Kier alpha value is -0.590. The van der Waals surface area contributed by atoms with E-state index in [1.807, 2.05) is 0 Å². The minimum atomic E-state index is -5.13. The van der Waals surface area contributed by atoms with E-state index in [2.05, 4.69) is 13.8 Å². The Morgan fingerprint density at radius 1 is 1.05 bits per heavy atom. The molecule has 0 aliphatic rings. The van der Waals surface area contributed by atoms with Crippen molar-refractivity contribution >= 4 is 13.6 Å². The first-order chi connectivity index (χ1) is 8.60.